The SMILES string of the molecule is COC(=O)[C@@H]1c2ccccc2O[C@@H]1C1CCCCC1. The van der Waals surface area contributed by atoms with E-state index in [-0.39, 0.29) is 18.0 Å². The second-order valence-electron chi connectivity index (χ2n) is 5.52. The molecular formula is C16H20O3. The standard InChI is InChI=1S/C16H20O3/c1-18-16(17)14-12-9-5-6-10-13(12)19-15(14)11-7-3-2-4-8-11/h5-6,9-11,14-15H,2-4,7-8H2,1H3/t14-,15-/m1/s1. The Kier molecular flexibility index (Phi) is 3.45. The van der Waals surface area contributed by atoms with Crippen LogP contribution in [0.15, 0.2) is 24.3 Å². The number of ether oxygens (including phenoxy) is 2. The van der Waals surface area contributed by atoms with Crippen molar-refractivity contribution in [3.63, 3.8) is 0 Å². The molecule has 102 valence electrons. The molecule has 1 aromatic carbocycles. The zero-order chi connectivity index (χ0) is 13.2. The zero-order valence-electron chi connectivity index (χ0n) is 11.3. The first kappa shape index (κ1) is 12.5. The fourth-order valence-corrected chi connectivity index (χ4v) is 3.46. The highest BCUT2D eigenvalue weighted by Crippen LogP contribution is 2.44. The van der Waals surface area contributed by atoms with E-state index in [9.17, 15) is 4.79 Å². The topological polar surface area (TPSA) is 35.5 Å². The van der Waals surface area contributed by atoms with E-state index >= 15 is 0 Å². The van der Waals surface area contributed by atoms with Gasteiger partial charge in [-0.1, -0.05) is 37.5 Å². The summed E-state index contributed by atoms with van der Waals surface area (Å²) in [6.07, 6.45) is 6.08. The van der Waals surface area contributed by atoms with Crippen LogP contribution in [0.3, 0.4) is 0 Å². The van der Waals surface area contributed by atoms with Gasteiger partial charge in [0, 0.05) is 5.56 Å². The van der Waals surface area contributed by atoms with Crippen molar-refractivity contribution in [3.8, 4) is 5.75 Å². The van der Waals surface area contributed by atoms with Crippen LogP contribution in [0, 0.1) is 5.92 Å². The molecule has 1 saturated carbocycles. The number of esters is 1. The van der Waals surface area contributed by atoms with Crippen LogP contribution in [-0.4, -0.2) is 19.2 Å². The Morgan fingerprint density at radius 3 is 2.68 bits per heavy atom. The van der Waals surface area contributed by atoms with E-state index in [0.717, 1.165) is 24.2 Å². The maximum absolute atomic E-state index is 12.1. The Morgan fingerprint density at radius 2 is 1.95 bits per heavy atom. The van der Waals surface area contributed by atoms with Gasteiger partial charge in [-0.2, -0.15) is 0 Å². The van der Waals surface area contributed by atoms with Crippen LogP contribution >= 0.6 is 0 Å². The molecule has 19 heavy (non-hydrogen) atoms. The molecule has 0 spiro atoms. The molecule has 0 bridgehead atoms. The van der Waals surface area contributed by atoms with E-state index < -0.39 is 0 Å². The average molecular weight is 260 g/mol. The minimum atomic E-state index is -0.246. The summed E-state index contributed by atoms with van der Waals surface area (Å²) < 4.78 is 11.1. The zero-order valence-corrected chi connectivity index (χ0v) is 11.3. The summed E-state index contributed by atoms with van der Waals surface area (Å²) in [5.41, 5.74) is 0.991. The van der Waals surface area contributed by atoms with Gasteiger partial charge in [0.05, 0.1) is 7.11 Å². The summed E-state index contributed by atoms with van der Waals surface area (Å²) >= 11 is 0. The molecule has 2 aliphatic rings. The summed E-state index contributed by atoms with van der Waals surface area (Å²) in [5, 5.41) is 0. The van der Waals surface area contributed by atoms with E-state index in [0.29, 0.717) is 5.92 Å². The summed E-state index contributed by atoms with van der Waals surface area (Å²) in [5.74, 6) is 0.920. The molecule has 3 rings (SSSR count). The lowest BCUT2D eigenvalue weighted by Gasteiger charge is -2.29. The van der Waals surface area contributed by atoms with E-state index in [2.05, 4.69) is 0 Å². The molecule has 0 N–H and O–H groups in total. The number of benzene rings is 1. The van der Waals surface area contributed by atoms with Crippen molar-refractivity contribution in [2.45, 2.75) is 44.1 Å². The predicted octanol–water partition coefficient (Wildman–Crippen LogP) is 3.28. The maximum atomic E-state index is 12.1. The van der Waals surface area contributed by atoms with Crippen LogP contribution in [0.5, 0.6) is 5.75 Å². The Balaban J connectivity index is 1.90. The Morgan fingerprint density at radius 1 is 1.21 bits per heavy atom. The second kappa shape index (κ2) is 5.24. The molecular weight excluding hydrogens is 240 g/mol. The molecule has 0 unspecified atom stereocenters. The molecule has 2 atom stereocenters. The van der Waals surface area contributed by atoms with Gasteiger partial charge >= 0.3 is 5.97 Å². The van der Waals surface area contributed by atoms with E-state index in [4.69, 9.17) is 9.47 Å². The minimum absolute atomic E-state index is 0.0369. The highest BCUT2D eigenvalue weighted by atomic mass is 16.5. The molecule has 1 aliphatic carbocycles. The number of para-hydroxylation sites is 1. The molecule has 0 radical (unpaired) electrons. The summed E-state index contributed by atoms with van der Waals surface area (Å²) in [4.78, 5) is 12.1. The lowest BCUT2D eigenvalue weighted by atomic mass is 9.79. The second-order valence-corrected chi connectivity index (χ2v) is 5.52. The van der Waals surface area contributed by atoms with Crippen LogP contribution in [0.2, 0.25) is 0 Å². The van der Waals surface area contributed by atoms with Crippen LogP contribution in [0.1, 0.15) is 43.6 Å². The van der Waals surface area contributed by atoms with Gasteiger partial charge in [-0.15, -0.1) is 0 Å². The number of hydrogen-bond donors (Lipinski definition) is 0. The van der Waals surface area contributed by atoms with Crippen molar-refractivity contribution in [2.75, 3.05) is 7.11 Å². The van der Waals surface area contributed by atoms with Crippen molar-refractivity contribution in [3.05, 3.63) is 29.8 Å². The quantitative estimate of drug-likeness (QED) is 0.765. The molecule has 1 fully saturated rings. The number of fused-ring (bicyclic) bond motifs is 1. The van der Waals surface area contributed by atoms with Gasteiger partial charge < -0.3 is 9.47 Å². The highest BCUT2D eigenvalue weighted by molar-refractivity contribution is 5.81. The Labute approximate surface area is 113 Å². The number of carbonyl (C=O) groups is 1. The third-order valence-electron chi connectivity index (χ3n) is 4.42. The van der Waals surface area contributed by atoms with Crippen molar-refractivity contribution < 1.29 is 14.3 Å². The van der Waals surface area contributed by atoms with Crippen LogP contribution in [-0.2, 0) is 9.53 Å². The normalized spacial score (nSPS) is 26.6. The van der Waals surface area contributed by atoms with Gasteiger partial charge in [0.2, 0.25) is 0 Å². The maximum Gasteiger partial charge on any atom is 0.317 e. The average Bonchev–Trinajstić information content (AvgIpc) is 2.87. The molecule has 0 saturated heterocycles. The first-order valence-electron chi connectivity index (χ1n) is 7.14. The fourth-order valence-electron chi connectivity index (χ4n) is 3.46. The van der Waals surface area contributed by atoms with Crippen LogP contribution < -0.4 is 4.74 Å². The van der Waals surface area contributed by atoms with E-state index in [1.165, 1.54) is 26.4 Å². The van der Waals surface area contributed by atoms with Gasteiger partial charge in [-0.25, -0.2) is 0 Å². The summed E-state index contributed by atoms with van der Waals surface area (Å²) in [6, 6.07) is 7.85. The number of methoxy groups -OCH3 is 1. The number of hydrogen-bond acceptors (Lipinski definition) is 3. The molecule has 3 nitrogen and oxygen atoms in total. The molecule has 0 amide bonds. The van der Waals surface area contributed by atoms with Gasteiger partial charge in [-0.3, -0.25) is 4.79 Å². The molecule has 0 aromatic heterocycles. The van der Waals surface area contributed by atoms with Crippen molar-refractivity contribution in [1.82, 2.24) is 0 Å². The van der Waals surface area contributed by atoms with Gasteiger partial charge in [-0.05, 0) is 24.8 Å². The van der Waals surface area contributed by atoms with Crippen molar-refractivity contribution in [1.29, 1.82) is 0 Å². The van der Waals surface area contributed by atoms with Gasteiger partial charge in [0.15, 0.2) is 0 Å². The summed E-state index contributed by atoms with van der Waals surface area (Å²) in [7, 11) is 1.46. The molecule has 1 heterocycles. The third kappa shape index (κ3) is 2.22. The minimum Gasteiger partial charge on any atom is -0.489 e. The van der Waals surface area contributed by atoms with Crippen LogP contribution in [0.4, 0.5) is 0 Å². The largest absolute Gasteiger partial charge is 0.489 e. The van der Waals surface area contributed by atoms with E-state index in [1.807, 2.05) is 24.3 Å². The summed E-state index contributed by atoms with van der Waals surface area (Å²) in [6.45, 7) is 0. The monoisotopic (exact) mass is 260 g/mol. The predicted molar refractivity (Wildman–Crippen MR) is 72.2 cm³/mol. The smallest absolute Gasteiger partial charge is 0.317 e. The Bertz CT molecular complexity index is 463. The fraction of sp³-hybridized carbons (Fsp3) is 0.562. The van der Waals surface area contributed by atoms with Crippen molar-refractivity contribution >= 4 is 5.97 Å². The first-order valence-corrected chi connectivity index (χ1v) is 7.14. The lowest BCUT2D eigenvalue weighted by Crippen LogP contribution is -2.34. The number of rotatable bonds is 2. The van der Waals surface area contributed by atoms with E-state index in [1.54, 1.807) is 0 Å². The molecule has 1 aromatic rings. The highest BCUT2D eigenvalue weighted by Gasteiger charge is 2.44. The van der Waals surface area contributed by atoms with Crippen LogP contribution in [0.25, 0.3) is 0 Å². The number of carbonyl (C=O) groups excluding carboxylic acids is 1. The van der Waals surface area contributed by atoms with Crippen molar-refractivity contribution in [2.24, 2.45) is 5.92 Å². The first-order chi connectivity index (χ1) is 9.31. The lowest BCUT2D eigenvalue weighted by molar-refractivity contribution is -0.144. The molecule has 1 aliphatic heterocycles. The third-order valence-corrected chi connectivity index (χ3v) is 4.42. The Hall–Kier alpha value is -1.51. The molecule has 3 heteroatoms. The van der Waals surface area contributed by atoms with Gasteiger partial charge in [0.25, 0.3) is 0 Å². The van der Waals surface area contributed by atoms with Gasteiger partial charge in [0.1, 0.15) is 17.8 Å².